The van der Waals surface area contributed by atoms with Gasteiger partial charge in [0.15, 0.2) is 0 Å². The molecule has 0 amide bonds. The number of piperazine rings is 1. The van der Waals surface area contributed by atoms with Crippen molar-refractivity contribution in [2.75, 3.05) is 33.3 Å². The molecule has 2 rings (SSSR count). The molecular weight excluding hydrogens is 272 g/mol. The number of nitrogens with one attached hydrogen (secondary N) is 2. The van der Waals surface area contributed by atoms with E-state index in [1.807, 2.05) is 0 Å². The Bertz CT molecular complexity index is 574. The molecule has 0 saturated carbocycles. The van der Waals surface area contributed by atoms with Gasteiger partial charge in [-0.1, -0.05) is 0 Å². The van der Waals surface area contributed by atoms with E-state index in [9.17, 15) is 13.2 Å². The van der Waals surface area contributed by atoms with Crippen LogP contribution in [0.3, 0.4) is 0 Å². The number of esters is 1. The zero-order chi connectivity index (χ0) is 14.0. The molecule has 0 aromatic carbocycles. The second kappa shape index (κ2) is 5.27. The number of ether oxygens (including phenoxy) is 1. The van der Waals surface area contributed by atoms with E-state index in [4.69, 9.17) is 0 Å². The lowest BCUT2D eigenvalue weighted by Crippen LogP contribution is -2.46. The van der Waals surface area contributed by atoms with E-state index in [0.29, 0.717) is 31.9 Å². The lowest BCUT2D eigenvalue weighted by molar-refractivity contribution is 0.0595. The number of H-pyrrole nitrogens is 1. The van der Waals surface area contributed by atoms with Gasteiger partial charge >= 0.3 is 5.97 Å². The summed E-state index contributed by atoms with van der Waals surface area (Å²) in [7, 11) is -2.57. The van der Waals surface area contributed by atoms with Crippen LogP contribution in [0.4, 0.5) is 0 Å². The third kappa shape index (κ3) is 2.48. The molecule has 1 saturated heterocycles. The first-order valence-electron chi connectivity index (χ1n) is 5.82. The number of aromatic amines is 1. The van der Waals surface area contributed by atoms with Crippen LogP contribution in [-0.2, 0) is 14.8 Å². The predicted octanol–water partition coefficient (Wildman–Crippen LogP) is -0.901. The van der Waals surface area contributed by atoms with Crippen LogP contribution in [0.1, 0.15) is 16.1 Å². The normalized spacial score (nSPS) is 17.4. The van der Waals surface area contributed by atoms with Gasteiger partial charge in [0.1, 0.15) is 5.56 Å². The average Bonchev–Trinajstić information content (AvgIpc) is 2.81. The van der Waals surface area contributed by atoms with E-state index in [2.05, 4.69) is 20.3 Å². The topological polar surface area (TPSA) is 104 Å². The number of hydrogen-bond acceptors (Lipinski definition) is 6. The van der Waals surface area contributed by atoms with Crippen molar-refractivity contribution in [2.24, 2.45) is 0 Å². The Balaban J connectivity index is 2.43. The number of nitrogens with zero attached hydrogens (tertiary/aromatic N) is 2. The monoisotopic (exact) mass is 288 g/mol. The fourth-order valence-electron chi connectivity index (χ4n) is 1.94. The fourth-order valence-corrected chi connectivity index (χ4v) is 3.51. The third-order valence-corrected chi connectivity index (χ3v) is 4.79. The summed E-state index contributed by atoms with van der Waals surface area (Å²) in [6.07, 6.45) is 0. The molecule has 2 heterocycles. The van der Waals surface area contributed by atoms with Crippen LogP contribution in [0.25, 0.3) is 0 Å². The van der Waals surface area contributed by atoms with Crippen molar-refractivity contribution in [2.45, 2.75) is 11.9 Å². The van der Waals surface area contributed by atoms with Gasteiger partial charge in [-0.15, -0.1) is 0 Å². The molecule has 0 aliphatic carbocycles. The number of carbonyl (C=O) groups excluding carboxylic acids is 1. The summed E-state index contributed by atoms with van der Waals surface area (Å²) in [4.78, 5) is 11.7. The number of rotatable bonds is 3. The number of aryl methyl sites for hydroxylation is 1. The van der Waals surface area contributed by atoms with Gasteiger partial charge in [0.05, 0.1) is 7.11 Å². The van der Waals surface area contributed by atoms with Crippen LogP contribution in [0.2, 0.25) is 0 Å². The van der Waals surface area contributed by atoms with Crippen molar-refractivity contribution < 1.29 is 17.9 Å². The summed E-state index contributed by atoms with van der Waals surface area (Å²) in [5.41, 5.74) is 0.349. The maximum absolute atomic E-state index is 12.4. The number of methoxy groups -OCH3 is 1. The molecule has 19 heavy (non-hydrogen) atoms. The van der Waals surface area contributed by atoms with Crippen molar-refractivity contribution in [1.82, 2.24) is 19.8 Å². The molecule has 9 heteroatoms. The van der Waals surface area contributed by atoms with E-state index < -0.39 is 16.0 Å². The number of hydrogen-bond donors (Lipinski definition) is 2. The first-order valence-corrected chi connectivity index (χ1v) is 7.26. The maximum atomic E-state index is 12.4. The average molecular weight is 288 g/mol. The largest absolute Gasteiger partial charge is 0.465 e. The van der Waals surface area contributed by atoms with Gasteiger partial charge in [-0.3, -0.25) is 5.10 Å². The van der Waals surface area contributed by atoms with E-state index in [1.54, 1.807) is 6.92 Å². The second-order valence-corrected chi connectivity index (χ2v) is 6.03. The summed E-state index contributed by atoms with van der Waals surface area (Å²) in [6.45, 7) is 3.45. The standard InChI is InChI=1S/C10H16N4O4S/c1-7-8(10(15)18-2)9(13-12-7)19(16,17)14-5-3-11-4-6-14/h11H,3-6H2,1-2H3,(H,12,13). The van der Waals surface area contributed by atoms with E-state index in [1.165, 1.54) is 11.4 Å². The summed E-state index contributed by atoms with van der Waals surface area (Å²) in [5, 5.41) is 9.08. The minimum atomic E-state index is -3.78. The van der Waals surface area contributed by atoms with Gasteiger partial charge in [0.25, 0.3) is 10.0 Å². The van der Waals surface area contributed by atoms with E-state index in [-0.39, 0.29) is 10.6 Å². The van der Waals surface area contributed by atoms with Crippen molar-refractivity contribution in [3.8, 4) is 0 Å². The van der Waals surface area contributed by atoms with Crippen LogP contribution in [0, 0.1) is 6.92 Å². The van der Waals surface area contributed by atoms with Crippen molar-refractivity contribution in [1.29, 1.82) is 0 Å². The van der Waals surface area contributed by atoms with Gasteiger partial charge in [0, 0.05) is 31.9 Å². The lowest BCUT2D eigenvalue weighted by atomic mass is 10.3. The Morgan fingerprint density at radius 1 is 1.37 bits per heavy atom. The first-order chi connectivity index (χ1) is 8.98. The molecule has 1 aromatic heterocycles. The molecular formula is C10H16N4O4S. The molecule has 0 radical (unpaired) electrons. The molecule has 0 bridgehead atoms. The van der Waals surface area contributed by atoms with E-state index in [0.717, 1.165) is 0 Å². The molecule has 0 spiro atoms. The zero-order valence-electron chi connectivity index (χ0n) is 10.8. The van der Waals surface area contributed by atoms with Crippen molar-refractivity contribution >= 4 is 16.0 Å². The summed E-state index contributed by atoms with van der Waals surface area (Å²) >= 11 is 0. The van der Waals surface area contributed by atoms with Crippen LogP contribution < -0.4 is 5.32 Å². The molecule has 2 N–H and O–H groups in total. The molecule has 0 atom stereocenters. The third-order valence-electron chi connectivity index (χ3n) is 2.96. The quantitative estimate of drug-likeness (QED) is 0.698. The van der Waals surface area contributed by atoms with Gasteiger partial charge in [0.2, 0.25) is 5.03 Å². The Kier molecular flexibility index (Phi) is 3.88. The minimum absolute atomic E-state index is 0.0268. The van der Waals surface area contributed by atoms with Crippen LogP contribution in [0.15, 0.2) is 5.03 Å². The van der Waals surface area contributed by atoms with Crippen molar-refractivity contribution in [3.05, 3.63) is 11.3 Å². The predicted molar refractivity (Wildman–Crippen MR) is 66.3 cm³/mol. The minimum Gasteiger partial charge on any atom is -0.465 e. The van der Waals surface area contributed by atoms with Gasteiger partial charge in [-0.05, 0) is 6.92 Å². The highest BCUT2D eigenvalue weighted by Crippen LogP contribution is 2.21. The molecule has 1 aliphatic rings. The molecule has 106 valence electrons. The van der Waals surface area contributed by atoms with Crippen molar-refractivity contribution in [3.63, 3.8) is 0 Å². The second-order valence-electron chi connectivity index (χ2n) is 4.17. The molecule has 1 aliphatic heterocycles. The highest BCUT2D eigenvalue weighted by atomic mass is 32.2. The van der Waals surface area contributed by atoms with Gasteiger partial charge in [-0.25, -0.2) is 13.2 Å². The Morgan fingerprint density at radius 3 is 2.58 bits per heavy atom. The first kappa shape index (κ1) is 14.0. The number of aromatic nitrogens is 2. The molecule has 8 nitrogen and oxygen atoms in total. The number of carbonyl (C=O) groups is 1. The number of sulfonamides is 1. The zero-order valence-corrected chi connectivity index (χ0v) is 11.6. The smallest absolute Gasteiger partial charge is 0.342 e. The van der Waals surface area contributed by atoms with Gasteiger partial charge in [-0.2, -0.15) is 9.40 Å². The Labute approximate surface area is 111 Å². The summed E-state index contributed by atoms with van der Waals surface area (Å²) in [6, 6.07) is 0. The molecule has 1 aromatic rings. The highest BCUT2D eigenvalue weighted by Gasteiger charge is 2.34. The molecule has 0 unspecified atom stereocenters. The highest BCUT2D eigenvalue weighted by molar-refractivity contribution is 7.89. The Hall–Kier alpha value is -1.45. The van der Waals surface area contributed by atoms with Gasteiger partial charge < -0.3 is 10.1 Å². The Morgan fingerprint density at radius 2 is 2.00 bits per heavy atom. The SMILES string of the molecule is COC(=O)c1c(S(=O)(=O)N2CCNCC2)n[nH]c1C. The fraction of sp³-hybridized carbons (Fsp3) is 0.600. The molecule has 1 fully saturated rings. The summed E-state index contributed by atoms with van der Waals surface area (Å²) < 4.78 is 30.8. The lowest BCUT2D eigenvalue weighted by Gasteiger charge is -2.25. The van der Waals surface area contributed by atoms with Crippen LogP contribution in [-0.4, -0.2) is 62.2 Å². The summed E-state index contributed by atoms with van der Waals surface area (Å²) in [5.74, 6) is -0.708. The van der Waals surface area contributed by atoms with E-state index >= 15 is 0 Å². The van der Waals surface area contributed by atoms with Crippen LogP contribution >= 0.6 is 0 Å². The van der Waals surface area contributed by atoms with Crippen LogP contribution in [0.5, 0.6) is 0 Å². The maximum Gasteiger partial charge on any atom is 0.342 e.